The molecule has 1 aromatic heterocycles. The van der Waals surface area contributed by atoms with Crippen LogP contribution in [0.25, 0.3) is 0 Å². The van der Waals surface area contributed by atoms with E-state index < -0.39 is 0 Å². The highest BCUT2D eigenvalue weighted by atomic mass is 15.3. The molecule has 0 aliphatic carbocycles. The molecule has 108 valence electrons. The summed E-state index contributed by atoms with van der Waals surface area (Å²) in [7, 11) is 0. The summed E-state index contributed by atoms with van der Waals surface area (Å²) in [6, 6.07) is 8.42. The SMILES string of the molecule is CCNc1nnc(CCNc2ccc(C)cc2)n1CC. The molecule has 0 fully saturated rings. The van der Waals surface area contributed by atoms with Gasteiger partial charge in [-0.05, 0) is 32.9 Å². The van der Waals surface area contributed by atoms with Crippen LogP contribution in [0.2, 0.25) is 0 Å². The molecule has 0 aliphatic rings. The van der Waals surface area contributed by atoms with Crippen molar-refractivity contribution < 1.29 is 0 Å². The van der Waals surface area contributed by atoms with Crippen molar-refractivity contribution in [2.75, 3.05) is 23.7 Å². The number of nitrogens with one attached hydrogen (secondary N) is 2. The van der Waals surface area contributed by atoms with Crippen LogP contribution in [0.1, 0.15) is 25.2 Å². The van der Waals surface area contributed by atoms with Crippen molar-refractivity contribution in [2.45, 2.75) is 33.7 Å². The van der Waals surface area contributed by atoms with Crippen LogP contribution in [0, 0.1) is 6.92 Å². The summed E-state index contributed by atoms with van der Waals surface area (Å²) in [5.41, 5.74) is 2.42. The van der Waals surface area contributed by atoms with Gasteiger partial charge in [0.1, 0.15) is 5.82 Å². The fourth-order valence-corrected chi connectivity index (χ4v) is 2.13. The molecule has 1 aromatic carbocycles. The fraction of sp³-hybridized carbons (Fsp3) is 0.467. The molecule has 20 heavy (non-hydrogen) atoms. The summed E-state index contributed by atoms with van der Waals surface area (Å²) in [5, 5.41) is 15.1. The summed E-state index contributed by atoms with van der Waals surface area (Å²) >= 11 is 0. The molecular weight excluding hydrogens is 250 g/mol. The topological polar surface area (TPSA) is 54.8 Å². The van der Waals surface area contributed by atoms with Gasteiger partial charge in [0.15, 0.2) is 0 Å². The van der Waals surface area contributed by atoms with Crippen molar-refractivity contribution in [2.24, 2.45) is 0 Å². The Labute approximate surface area is 120 Å². The Morgan fingerprint density at radius 3 is 2.45 bits per heavy atom. The van der Waals surface area contributed by atoms with E-state index in [1.54, 1.807) is 0 Å². The van der Waals surface area contributed by atoms with Gasteiger partial charge in [0.05, 0.1) is 0 Å². The zero-order valence-corrected chi connectivity index (χ0v) is 12.5. The number of nitrogens with zero attached hydrogens (tertiary/aromatic N) is 3. The lowest BCUT2D eigenvalue weighted by Crippen LogP contribution is -2.12. The fourth-order valence-electron chi connectivity index (χ4n) is 2.13. The molecule has 0 unspecified atom stereocenters. The van der Waals surface area contributed by atoms with Crippen LogP contribution in [-0.2, 0) is 13.0 Å². The molecule has 0 spiro atoms. The smallest absolute Gasteiger partial charge is 0.224 e. The van der Waals surface area contributed by atoms with Gasteiger partial charge < -0.3 is 10.6 Å². The summed E-state index contributed by atoms with van der Waals surface area (Å²) in [5.74, 6) is 1.88. The van der Waals surface area contributed by atoms with Gasteiger partial charge in [0.2, 0.25) is 5.95 Å². The van der Waals surface area contributed by atoms with Crippen LogP contribution in [0.5, 0.6) is 0 Å². The lowest BCUT2D eigenvalue weighted by atomic mass is 10.2. The lowest BCUT2D eigenvalue weighted by Gasteiger charge is -2.09. The molecule has 0 bridgehead atoms. The summed E-state index contributed by atoms with van der Waals surface area (Å²) in [6.45, 7) is 8.87. The average molecular weight is 273 g/mol. The maximum atomic E-state index is 4.26. The highest BCUT2D eigenvalue weighted by molar-refractivity contribution is 5.44. The molecule has 0 radical (unpaired) electrons. The van der Waals surface area contributed by atoms with E-state index >= 15 is 0 Å². The predicted octanol–water partition coefficient (Wildman–Crippen LogP) is 2.69. The quantitative estimate of drug-likeness (QED) is 0.814. The zero-order valence-electron chi connectivity index (χ0n) is 12.5. The molecule has 2 aromatic rings. The first kappa shape index (κ1) is 14.4. The maximum Gasteiger partial charge on any atom is 0.224 e. The van der Waals surface area contributed by atoms with E-state index in [2.05, 4.69) is 70.4 Å². The van der Waals surface area contributed by atoms with Crippen molar-refractivity contribution in [3.8, 4) is 0 Å². The Kier molecular flexibility index (Phi) is 4.98. The van der Waals surface area contributed by atoms with E-state index in [-0.39, 0.29) is 0 Å². The first-order valence-corrected chi connectivity index (χ1v) is 7.21. The van der Waals surface area contributed by atoms with E-state index in [1.165, 1.54) is 5.56 Å². The number of rotatable bonds is 7. The Balaban J connectivity index is 1.92. The second-order valence-electron chi connectivity index (χ2n) is 4.76. The summed E-state index contributed by atoms with van der Waals surface area (Å²) in [6.07, 6.45) is 0.861. The molecule has 0 amide bonds. The highest BCUT2D eigenvalue weighted by Gasteiger charge is 2.09. The van der Waals surface area contributed by atoms with Crippen molar-refractivity contribution in [1.29, 1.82) is 0 Å². The number of hydrogen-bond acceptors (Lipinski definition) is 4. The molecule has 5 nitrogen and oxygen atoms in total. The normalized spacial score (nSPS) is 10.6. The van der Waals surface area contributed by atoms with E-state index in [1.807, 2.05) is 0 Å². The Morgan fingerprint density at radius 2 is 1.80 bits per heavy atom. The molecule has 2 rings (SSSR count). The number of aryl methyl sites for hydroxylation is 1. The molecule has 2 N–H and O–H groups in total. The number of benzene rings is 1. The van der Waals surface area contributed by atoms with Gasteiger partial charge in [-0.1, -0.05) is 17.7 Å². The Hall–Kier alpha value is -2.04. The minimum atomic E-state index is 0.854. The van der Waals surface area contributed by atoms with Gasteiger partial charge in [-0.2, -0.15) is 0 Å². The van der Waals surface area contributed by atoms with E-state index in [0.29, 0.717) is 0 Å². The number of hydrogen-bond donors (Lipinski definition) is 2. The zero-order chi connectivity index (χ0) is 14.4. The van der Waals surface area contributed by atoms with Crippen LogP contribution < -0.4 is 10.6 Å². The van der Waals surface area contributed by atoms with Gasteiger partial charge in [0, 0.05) is 31.7 Å². The summed E-state index contributed by atoms with van der Waals surface area (Å²) in [4.78, 5) is 0. The van der Waals surface area contributed by atoms with Crippen LogP contribution in [-0.4, -0.2) is 27.9 Å². The van der Waals surface area contributed by atoms with Gasteiger partial charge in [-0.3, -0.25) is 4.57 Å². The Bertz CT molecular complexity index is 530. The second-order valence-corrected chi connectivity index (χ2v) is 4.76. The van der Waals surface area contributed by atoms with Crippen molar-refractivity contribution in [1.82, 2.24) is 14.8 Å². The molecule has 5 heteroatoms. The molecule has 0 aliphatic heterocycles. The molecule has 0 atom stereocenters. The van der Waals surface area contributed by atoms with Gasteiger partial charge in [-0.15, -0.1) is 10.2 Å². The van der Waals surface area contributed by atoms with Crippen LogP contribution in [0.4, 0.5) is 11.6 Å². The van der Waals surface area contributed by atoms with Crippen molar-refractivity contribution >= 4 is 11.6 Å². The molecule has 0 saturated heterocycles. The predicted molar refractivity (Wildman–Crippen MR) is 83.2 cm³/mol. The van der Waals surface area contributed by atoms with Crippen LogP contribution >= 0.6 is 0 Å². The Morgan fingerprint density at radius 1 is 1.05 bits per heavy atom. The van der Waals surface area contributed by atoms with E-state index in [9.17, 15) is 0 Å². The van der Waals surface area contributed by atoms with Crippen LogP contribution in [0.15, 0.2) is 24.3 Å². The number of aromatic nitrogens is 3. The molecular formula is C15H23N5. The van der Waals surface area contributed by atoms with Gasteiger partial charge >= 0.3 is 0 Å². The largest absolute Gasteiger partial charge is 0.385 e. The molecule has 0 saturated carbocycles. The molecule has 1 heterocycles. The number of anilines is 2. The first-order valence-electron chi connectivity index (χ1n) is 7.21. The minimum Gasteiger partial charge on any atom is -0.385 e. The standard InChI is InChI=1S/C15H23N5/c1-4-16-15-19-18-14(20(15)5-2)10-11-17-13-8-6-12(3)7-9-13/h6-9,17H,4-5,10-11H2,1-3H3,(H,16,19). The minimum absolute atomic E-state index is 0.854. The van der Waals surface area contributed by atoms with Crippen molar-refractivity contribution in [3.05, 3.63) is 35.7 Å². The lowest BCUT2D eigenvalue weighted by molar-refractivity contribution is 0.701. The first-order chi connectivity index (χ1) is 9.74. The third-order valence-corrected chi connectivity index (χ3v) is 3.21. The van der Waals surface area contributed by atoms with Gasteiger partial charge in [-0.25, -0.2) is 0 Å². The average Bonchev–Trinajstić information content (AvgIpc) is 2.83. The third kappa shape index (κ3) is 3.50. The van der Waals surface area contributed by atoms with E-state index in [4.69, 9.17) is 0 Å². The third-order valence-electron chi connectivity index (χ3n) is 3.21. The second kappa shape index (κ2) is 6.93. The van der Waals surface area contributed by atoms with Crippen LogP contribution in [0.3, 0.4) is 0 Å². The van der Waals surface area contributed by atoms with E-state index in [0.717, 1.165) is 43.5 Å². The maximum absolute atomic E-state index is 4.26. The van der Waals surface area contributed by atoms with Crippen molar-refractivity contribution in [3.63, 3.8) is 0 Å². The monoisotopic (exact) mass is 273 g/mol. The van der Waals surface area contributed by atoms with Gasteiger partial charge in [0.25, 0.3) is 0 Å². The summed E-state index contributed by atoms with van der Waals surface area (Å²) < 4.78 is 2.13. The highest BCUT2D eigenvalue weighted by Crippen LogP contribution is 2.10.